The Morgan fingerprint density at radius 1 is 1.17 bits per heavy atom. The first-order valence-electron chi connectivity index (χ1n) is 5.00. The lowest BCUT2D eigenvalue weighted by Crippen LogP contribution is -2.00. The highest BCUT2D eigenvalue weighted by molar-refractivity contribution is 9.12. The SMILES string of the molecule is Fc1cccc(F)c1CC(Br)c1cc(Br)sc1Br. The summed E-state index contributed by atoms with van der Waals surface area (Å²) in [7, 11) is 0. The Labute approximate surface area is 133 Å². The molecular formula is C12H7Br3F2S. The van der Waals surface area contributed by atoms with Gasteiger partial charge in [0, 0.05) is 10.4 Å². The zero-order valence-corrected chi connectivity index (χ0v) is 14.5. The van der Waals surface area contributed by atoms with Crippen LogP contribution in [-0.2, 0) is 6.42 Å². The summed E-state index contributed by atoms with van der Waals surface area (Å²) in [5.74, 6) is -1.02. The first-order chi connectivity index (χ1) is 8.49. The maximum atomic E-state index is 13.6. The Balaban J connectivity index is 2.26. The molecule has 0 amide bonds. The second kappa shape index (κ2) is 6.11. The summed E-state index contributed by atoms with van der Waals surface area (Å²) >= 11 is 11.8. The monoisotopic (exact) mass is 458 g/mol. The number of hydrogen-bond acceptors (Lipinski definition) is 1. The van der Waals surface area contributed by atoms with Gasteiger partial charge in [0.05, 0.1) is 7.57 Å². The molecule has 0 bridgehead atoms. The van der Waals surface area contributed by atoms with Crippen LogP contribution in [0.2, 0.25) is 0 Å². The smallest absolute Gasteiger partial charge is 0.129 e. The molecule has 18 heavy (non-hydrogen) atoms. The highest BCUT2D eigenvalue weighted by Gasteiger charge is 2.18. The van der Waals surface area contributed by atoms with Crippen LogP contribution in [0.5, 0.6) is 0 Å². The first-order valence-corrected chi connectivity index (χ1v) is 8.32. The van der Waals surface area contributed by atoms with E-state index in [2.05, 4.69) is 47.8 Å². The number of hydrogen-bond donors (Lipinski definition) is 0. The standard InChI is InChI=1S/C12H7Br3F2S/c13-8(6-5-11(14)18-12(6)15)4-7-9(16)2-1-3-10(7)17/h1-3,5,8H,4H2. The fourth-order valence-electron chi connectivity index (χ4n) is 1.58. The quantitative estimate of drug-likeness (QED) is 0.476. The van der Waals surface area contributed by atoms with Crippen molar-refractivity contribution in [3.63, 3.8) is 0 Å². The number of thiophene rings is 1. The van der Waals surface area contributed by atoms with Gasteiger partial charge in [0.1, 0.15) is 11.6 Å². The van der Waals surface area contributed by atoms with Gasteiger partial charge in [-0.1, -0.05) is 22.0 Å². The van der Waals surface area contributed by atoms with Crippen LogP contribution >= 0.6 is 59.1 Å². The number of alkyl halides is 1. The van der Waals surface area contributed by atoms with Gasteiger partial charge in [-0.2, -0.15) is 0 Å². The molecule has 0 saturated carbocycles. The molecule has 0 saturated heterocycles. The van der Waals surface area contributed by atoms with E-state index in [1.54, 1.807) is 0 Å². The first kappa shape index (κ1) is 14.6. The van der Waals surface area contributed by atoms with Crippen molar-refractivity contribution >= 4 is 59.1 Å². The zero-order valence-electron chi connectivity index (χ0n) is 8.89. The van der Waals surface area contributed by atoms with E-state index in [1.165, 1.54) is 29.5 Å². The highest BCUT2D eigenvalue weighted by Crippen LogP contribution is 2.40. The second-order valence-electron chi connectivity index (χ2n) is 3.65. The van der Waals surface area contributed by atoms with E-state index in [9.17, 15) is 8.78 Å². The maximum absolute atomic E-state index is 13.6. The third-order valence-corrected chi connectivity index (χ3v) is 5.67. The number of halogens is 5. The van der Waals surface area contributed by atoms with Gasteiger partial charge in [0.25, 0.3) is 0 Å². The summed E-state index contributed by atoms with van der Waals surface area (Å²) < 4.78 is 29.0. The highest BCUT2D eigenvalue weighted by atomic mass is 79.9. The van der Waals surface area contributed by atoms with Crippen molar-refractivity contribution in [2.45, 2.75) is 11.2 Å². The van der Waals surface area contributed by atoms with E-state index in [0.29, 0.717) is 0 Å². The summed E-state index contributed by atoms with van der Waals surface area (Å²) in [6.07, 6.45) is 0.264. The minimum atomic E-state index is -0.509. The maximum Gasteiger partial charge on any atom is 0.129 e. The lowest BCUT2D eigenvalue weighted by atomic mass is 10.1. The van der Waals surface area contributed by atoms with Crippen molar-refractivity contribution in [1.82, 2.24) is 0 Å². The summed E-state index contributed by atoms with van der Waals surface area (Å²) in [6.45, 7) is 0. The van der Waals surface area contributed by atoms with E-state index >= 15 is 0 Å². The molecule has 0 nitrogen and oxygen atoms in total. The number of rotatable bonds is 3. The lowest BCUT2D eigenvalue weighted by Gasteiger charge is -2.10. The molecular weight excluding hydrogens is 454 g/mol. The zero-order chi connectivity index (χ0) is 13.3. The van der Waals surface area contributed by atoms with Gasteiger partial charge in [-0.05, 0) is 62.0 Å². The van der Waals surface area contributed by atoms with Crippen molar-refractivity contribution in [3.8, 4) is 0 Å². The van der Waals surface area contributed by atoms with E-state index in [1.807, 2.05) is 6.07 Å². The van der Waals surface area contributed by atoms with Gasteiger partial charge in [0.2, 0.25) is 0 Å². The third-order valence-electron chi connectivity index (χ3n) is 2.47. The molecule has 0 aliphatic carbocycles. The van der Waals surface area contributed by atoms with Gasteiger partial charge in [0.15, 0.2) is 0 Å². The predicted octanol–water partition coefficient (Wildman–Crippen LogP) is 6.23. The lowest BCUT2D eigenvalue weighted by molar-refractivity contribution is 0.554. The van der Waals surface area contributed by atoms with Crippen LogP contribution < -0.4 is 0 Å². The average molecular weight is 461 g/mol. The molecule has 0 radical (unpaired) electrons. The summed E-state index contributed by atoms with van der Waals surface area (Å²) in [5.41, 5.74) is 1.09. The normalized spacial score (nSPS) is 12.7. The molecule has 1 aromatic heterocycles. The topological polar surface area (TPSA) is 0 Å². The molecule has 1 atom stereocenters. The van der Waals surface area contributed by atoms with E-state index in [-0.39, 0.29) is 16.8 Å². The van der Waals surface area contributed by atoms with Gasteiger partial charge >= 0.3 is 0 Å². The van der Waals surface area contributed by atoms with E-state index in [0.717, 1.165) is 13.1 Å². The van der Waals surface area contributed by atoms with Crippen LogP contribution in [0.25, 0.3) is 0 Å². The van der Waals surface area contributed by atoms with Crippen molar-refractivity contribution < 1.29 is 8.78 Å². The van der Waals surface area contributed by atoms with Crippen LogP contribution in [0.1, 0.15) is 16.0 Å². The Kier molecular flexibility index (Phi) is 4.97. The molecule has 2 rings (SSSR count). The van der Waals surface area contributed by atoms with Crippen LogP contribution in [0.4, 0.5) is 8.78 Å². The molecule has 0 fully saturated rings. The van der Waals surface area contributed by atoms with E-state index in [4.69, 9.17) is 0 Å². The number of benzene rings is 1. The molecule has 0 aliphatic heterocycles. The van der Waals surface area contributed by atoms with Crippen molar-refractivity contribution in [2.24, 2.45) is 0 Å². The van der Waals surface area contributed by atoms with Crippen LogP contribution in [0.15, 0.2) is 31.8 Å². The molecule has 2 aromatic rings. The van der Waals surface area contributed by atoms with Crippen molar-refractivity contribution in [3.05, 3.63) is 54.6 Å². The minimum Gasteiger partial charge on any atom is -0.207 e. The molecule has 6 heteroatoms. The molecule has 1 heterocycles. The van der Waals surface area contributed by atoms with Gasteiger partial charge in [-0.15, -0.1) is 11.3 Å². The largest absolute Gasteiger partial charge is 0.207 e. The fraction of sp³-hybridized carbons (Fsp3) is 0.167. The fourth-order valence-corrected chi connectivity index (χ4v) is 5.70. The Bertz CT molecular complexity index is 548. The van der Waals surface area contributed by atoms with Gasteiger partial charge in [-0.25, -0.2) is 8.78 Å². The molecule has 1 aromatic carbocycles. The summed E-state index contributed by atoms with van der Waals surface area (Å²) in [4.78, 5) is -0.138. The Morgan fingerprint density at radius 2 is 1.78 bits per heavy atom. The van der Waals surface area contributed by atoms with Crippen molar-refractivity contribution in [1.29, 1.82) is 0 Å². The molecule has 1 unspecified atom stereocenters. The molecule has 0 aliphatic rings. The summed E-state index contributed by atoms with van der Waals surface area (Å²) in [5, 5.41) is 0. The third kappa shape index (κ3) is 3.21. The van der Waals surface area contributed by atoms with Crippen LogP contribution in [0, 0.1) is 11.6 Å². The molecule has 0 spiro atoms. The Morgan fingerprint density at radius 3 is 2.28 bits per heavy atom. The van der Waals surface area contributed by atoms with Gasteiger partial charge in [-0.3, -0.25) is 0 Å². The van der Waals surface area contributed by atoms with Crippen molar-refractivity contribution in [2.75, 3.05) is 0 Å². The average Bonchev–Trinajstić information content (AvgIpc) is 2.63. The molecule has 96 valence electrons. The van der Waals surface area contributed by atoms with Gasteiger partial charge < -0.3 is 0 Å². The Hall–Kier alpha value is 0.220. The predicted molar refractivity (Wildman–Crippen MR) is 81.4 cm³/mol. The molecule has 0 N–H and O–H groups in total. The van der Waals surface area contributed by atoms with Crippen LogP contribution in [-0.4, -0.2) is 0 Å². The minimum absolute atomic E-state index is 0.105. The van der Waals surface area contributed by atoms with E-state index < -0.39 is 11.6 Å². The van der Waals surface area contributed by atoms with Crippen LogP contribution in [0.3, 0.4) is 0 Å². The second-order valence-corrected chi connectivity index (χ2v) is 8.51. The summed E-state index contributed by atoms with van der Waals surface area (Å²) in [6, 6.07) is 5.86.